The second kappa shape index (κ2) is 14.0. The summed E-state index contributed by atoms with van der Waals surface area (Å²) >= 11 is 0. The number of carbonyl (C=O) groups excluding carboxylic acids is 1. The smallest absolute Gasteiger partial charge is 0.410 e. The fourth-order valence-electron chi connectivity index (χ4n) is 5.71. The van der Waals surface area contributed by atoms with Gasteiger partial charge in [-0.05, 0) is 59.3 Å². The maximum atomic E-state index is 16.5. The van der Waals surface area contributed by atoms with Crippen molar-refractivity contribution in [1.82, 2.24) is 24.8 Å². The Morgan fingerprint density at radius 1 is 1.13 bits per heavy atom. The third-order valence-electron chi connectivity index (χ3n) is 7.98. The van der Waals surface area contributed by atoms with E-state index in [4.69, 9.17) is 30.5 Å². The molecule has 0 aliphatic carbocycles. The number of halogens is 2. The summed E-state index contributed by atoms with van der Waals surface area (Å²) < 4.78 is 53.8. The van der Waals surface area contributed by atoms with E-state index in [0.717, 1.165) is 19.4 Å². The number of pyridine rings is 1. The molecule has 2 fully saturated rings. The van der Waals surface area contributed by atoms with Gasteiger partial charge in [0, 0.05) is 39.0 Å². The average molecular weight is 640 g/mol. The zero-order valence-electron chi connectivity index (χ0n) is 26.8. The normalized spacial score (nSPS) is 18.9. The molecule has 1 amide bonds. The number of piperazine rings is 1. The maximum Gasteiger partial charge on any atom is 0.410 e. The molecule has 0 saturated carbocycles. The third-order valence-corrected chi connectivity index (χ3v) is 7.98. The lowest BCUT2D eigenvalue weighted by molar-refractivity contribution is 0.0155. The van der Waals surface area contributed by atoms with Gasteiger partial charge in [0.1, 0.15) is 46.8 Å². The number of amides is 1. The van der Waals surface area contributed by atoms with Gasteiger partial charge in [0.05, 0.1) is 10.9 Å². The quantitative estimate of drug-likeness (QED) is 0.240. The van der Waals surface area contributed by atoms with E-state index in [-0.39, 0.29) is 66.4 Å². The predicted molar refractivity (Wildman–Crippen MR) is 167 cm³/mol. The van der Waals surface area contributed by atoms with Crippen molar-refractivity contribution in [3.63, 3.8) is 0 Å². The molecule has 2 aliphatic rings. The Hall–Kier alpha value is -4.35. The standard InChI is InChI=1S/C32H39F2N7O5/c1-32(2,3)46-31(42)41-14-13-40(17-21(41)15-35-4)29-22-16-36-28(25-23(33)10-7-11-24(25)45-19-43-6)26(34)27(22)37-30(38-29)44-18-20-9-8-12-39(20)5/h7,10-11,16,20-21H,8-9,12-15,17-19H2,1-3,5-6H3/t20-,21-/m0/s1. The summed E-state index contributed by atoms with van der Waals surface area (Å²) in [6.07, 6.45) is 2.88. The van der Waals surface area contributed by atoms with Gasteiger partial charge in [-0.2, -0.15) is 9.97 Å². The number of likely N-dealkylation sites (tertiary alicyclic amines) is 1. The van der Waals surface area contributed by atoms with Crippen molar-refractivity contribution < 1.29 is 32.5 Å². The van der Waals surface area contributed by atoms with Crippen molar-refractivity contribution in [3.05, 3.63) is 47.4 Å². The largest absolute Gasteiger partial charge is 0.467 e. The van der Waals surface area contributed by atoms with Crippen LogP contribution >= 0.6 is 0 Å². The molecular weight excluding hydrogens is 600 g/mol. The molecule has 12 nitrogen and oxygen atoms in total. The van der Waals surface area contributed by atoms with Crippen molar-refractivity contribution in [2.75, 3.05) is 65.2 Å². The number of nitrogens with zero attached hydrogens (tertiary/aromatic N) is 7. The van der Waals surface area contributed by atoms with E-state index in [0.29, 0.717) is 19.0 Å². The van der Waals surface area contributed by atoms with Gasteiger partial charge in [-0.1, -0.05) is 6.07 Å². The molecule has 2 aromatic heterocycles. The molecule has 0 radical (unpaired) electrons. The number of benzene rings is 1. The van der Waals surface area contributed by atoms with Crippen LogP contribution in [-0.4, -0.2) is 109 Å². The molecule has 2 atom stereocenters. The number of methoxy groups -OCH3 is 1. The Balaban J connectivity index is 1.56. The molecule has 0 N–H and O–H groups in total. The van der Waals surface area contributed by atoms with Gasteiger partial charge in [0.15, 0.2) is 12.6 Å². The second-order valence-corrected chi connectivity index (χ2v) is 12.4. The summed E-state index contributed by atoms with van der Waals surface area (Å²) in [5.41, 5.74) is -1.27. The van der Waals surface area contributed by atoms with Crippen molar-refractivity contribution >= 4 is 22.8 Å². The molecule has 14 heteroatoms. The highest BCUT2D eigenvalue weighted by Gasteiger charge is 2.37. The van der Waals surface area contributed by atoms with Crippen molar-refractivity contribution in [2.24, 2.45) is 0 Å². The Morgan fingerprint density at radius 3 is 2.63 bits per heavy atom. The van der Waals surface area contributed by atoms with Gasteiger partial charge >= 0.3 is 12.1 Å². The lowest BCUT2D eigenvalue weighted by atomic mass is 10.1. The lowest BCUT2D eigenvalue weighted by Crippen LogP contribution is -2.57. The van der Waals surface area contributed by atoms with Crippen LogP contribution in [0.25, 0.3) is 27.0 Å². The van der Waals surface area contributed by atoms with Crippen LogP contribution in [-0.2, 0) is 9.47 Å². The number of carbonyl (C=O) groups is 1. The van der Waals surface area contributed by atoms with Gasteiger partial charge in [-0.15, -0.1) is 0 Å². The zero-order chi connectivity index (χ0) is 33.0. The van der Waals surface area contributed by atoms with Crippen LogP contribution in [0.3, 0.4) is 0 Å². The third kappa shape index (κ3) is 7.21. The minimum Gasteiger partial charge on any atom is -0.467 e. The molecule has 246 valence electrons. The fourth-order valence-corrected chi connectivity index (χ4v) is 5.71. The molecule has 2 saturated heterocycles. The molecule has 2 aliphatic heterocycles. The van der Waals surface area contributed by atoms with Crippen LogP contribution in [0.5, 0.6) is 11.8 Å². The summed E-state index contributed by atoms with van der Waals surface area (Å²) in [4.78, 5) is 35.6. The Labute approximate surface area is 267 Å². The van der Waals surface area contributed by atoms with Crippen molar-refractivity contribution in [1.29, 1.82) is 0 Å². The highest BCUT2D eigenvalue weighted by molar-refractivity contribution is 5.92. The van der Waals surface area contributed by atoms with E-state index in [1.165, 1.54) is 31.5 Å². The molecule has 5 rings (SSSR count). The molecule has 0 bridgehead atoms. The van der Waals surface area contributed by atoms with E-state index < -0.39 is 29.4 Å². The SMILES string of the molecule is [C-]#[N+]C[C@H]1CN(c2nc(OC[C@@H]3CCCN3C)nc3c(F)c(-c4c(F)cccc4OCOC)ncc23)CCN1C(=O)OC(C)(C)C. The molecule has 0 spiro atoms. The van der Waals surface area contributed by atoms with Crippen LogP contribution in [0.15, 0.2) is 24.4 Å². The highest BCUT2D eigenvalue weighted by atomic mass is 19.1. The van der Waals surface area contributed by atoms with Crippen LogP contribution < -0.4 is 14.4 Å². The Kier molecular flexibility index (Phi) is 10.0. The summed E-state index contributed by atoms with van der Waals surface area (Å²) in [5, 5.41) is 0.273. The van der Waals surface area contributed by atoms with Crippen molar-refractivity contribution in [2.45, 2.75) is 51.3 Å². The number of ether oxygens (including phenoxy) is 4. The number of hydrogen-bond acceptors (Lipinski definition) is 10. The first-order valence-corrected chi connectivity index (χ1v) is 15.2. The summed E-state index contributed by atoms with van der Waals surface area (Å²) in [6.45, 7) is 14.8. The molecule has 1 aromatic carbocycles. The number of aromatic nitrogens is 3. The van der Waals surface area contributed by atoms with E-state index in [1.807, 2.05) is 11.9 Å². The molecular formula is C32H39F2N7O5. The van der Waals surface area contributed by atoms with E-state index in [1.54, 1.807) is 25.7 Å². The summed E-state index contributed by atoms with van der Waals surface area (Å²) in [6, 6.07) is 3.74. The zero-order valence-corrected chi connectivity index (χ0v) is 26.8. The first kappa shape index (κ1) is 33.0. The number of rotatable bonds is 9. The van der Waals surface area contributed by atoms with E-state index in [9.17, 15) is 4.79 Å². The summed E-state index contributed by atoms with van der Waals surface area (Å²) in [5.74, 6) is -1.21. The highest BCUT2D eigenvalue weighted by Crippen LogP contribution is 2.37. The average Bonchev–Trinajstić information content (AvgIpc) is 3.43. The van der Waals surface area contributed by atoms with Gasteiger partial charge in [0.25, 0.3) is 0 Å². The lowest BCUT2D eigenvalue weighted by Gasteiger charge is -2.40. The Morgan fingerprint density at radius 2 is 1.93 bits per heavy atom. The number of anilines is 1. The molecule has 4 heterocycles. The summed E-state index contributed by atoms with van der Waals surface area (Å²) in [7, 11) is 3.44. The second-order valence-electron chi connectivity index (χ2n) is 12.4. The van der Waals surface area contributed by atoms with Gasteiger partial charge < -0.3 is 33.6 Å². The topological polar surface area (TPSA) is 107 Å². The first-order chi connectivity index (χ1) is 22.0. The molecule has 3 aromatic rings. The van der Waals surface area contributed by atoms with Gasteiger partial charge in [-0.25, -0.2) is 20.1 Å². The minimum atomic E-state index is -0.874. The first-order valence-electron chi connectivity index (χ1n) is 15.2. The van der Waals surface area contributed by atoms with Crippen LogP contribution in [0.1, 0.15) is 33.6 Å². The monoisotopic (exact) mass is 639 g/mol. The fraction of sp³-hybridized carbons (Fsp3) is 0.531. The number of fused-ring (bicyclic) bond motifs is 1. The molecule has 0 unspecified atom stereocenters. The van der Waals surface area contributed by atoms with E-state index in [2.05, 4.69) is 19.7 Å². The minimum absolute atomic E-state index is 0.0322. The van der Waals surface area contributed by atoms with Crippen LogP contribution in [0, 0.1) is 18.2 Å². The van der Waals surface area contributed by atoms with Gasteiger partial charge in [-0.3, -0.25) is 9.88 Å². The van der Waals surface area contributed by atoms with E-state index >= 15 is 8.78 Å². The van der Waals surface area contributed by atoms with Crippen LogP contribution in [0.2, 0.25) is 0 Å². The number of likely N-dealkylation sites (N-methyl/N-ethyl adjacent to an activating group) is 1. The van der Waals surface area contributed by atoms with Gasteiger partial charge in [0.2, 0.25) is 6.54 Å². The Bertz CT molecular complexity index is 1610. The predicted octanol–water partition coefficient (Wildman–Crippen LogP) is 4.77. The number of hydrogen-bond donors (Lipinski definition) is 0. The maximum absolute atomic E-state index is 16.5. The van der Waals surface area contributed by atoms with Crippen LogP contribution in [0.4, 0.5) is 19.4 Å². The van der Waals surface area contributed by atoms with Crippen molar-refractivity contribution in [3.8, 4) is 23.0 Å². The molecule has 46 heavy (non-hydrogen) atoms.